The van der Waals surface area contributed by atoms with Crippen molar-refractivity contribution in [2.24, 2.45) is 0 Å². The van der Waals surface area contributed by atoms with Crippen LogP contribution < -0.4 is 10.4 Å². The molecule has 0 bridgehead atoms. The van der Waals surface area contributed by atoms with Crippen LogP contribution in [0.15, 0.2) is 109 Å². The fourth-order valence-corrected chi connectivity index (χ4v) is 5.33. The van der Waals surface area contributed by atoms with Gasteiger partial charge in [0, 0.05) is 0 Å². The number of rotatable bonds is 8. The molecule has 0 saturated carbocycles. The zero-order chi connectivity index (χ0) is 19.7. The topological polar surface area (TPSA) is 9.23 Å². The number of hydrogen-bond donors (Lipinski definition) is 0. The molecule has 0 fully saturated rings. The molecule has 4 radical (unpaired) electrons. The smallest absolute Gasteiger partial charge is 0.257 e. The van der Waals surface area contributed by atoms with Crippen LogP contribution in [-0.4, -0.2) is 19.5 Å². The Morgan fingerprint density at radius 2 is 0.828 bits per heavy atom. The van der Waals surface area contributed by atoms with Gasteiger partial charge in [-0.1, -0.05) is 109 Å². The van der Waals surface area contributed by atoms with Crippen LogP contribution in [0.25, 0.3) is 0 Å². The number of hydrogen-bond acceptors (Lipinski definition) is 1. The van der Waals surface area contributed by atoms with Crippen LogP contribution in [0.5, 0.6) is 0 Å². The van der Waals surface area contributed by atoms with Crippen molar-refractivity contribution in [2.45, 2.75) is 12.8 Å². The summed E-state index contributed by atoms with van der Waals surface area (Å²) in [5.41, 5.74) is 5.36. The van der Waals surface area contributed by atoms with Gasteiger partial charge in [0.25, 0.3) is 19.5 Å². The summed E-state index contributed by atoms with van der Waals surface area (Å²) in [7, 11) is 0.714. The van der Waals surface area contributed by atoms with Crippen molar-refractivity contribution >= 4 is 29.9 Å². The molecule has 0 aliphatic carbocycles. The quantitative estimate of drug-likeness (QED) is 0.401. The molecule has 0 aliphatic heterocycles. The van der Waals surface area contributed by atoms with Crippen molar-refractivity contribution in [1.82, 2.24) is 0 Å². The average molecular weight is 407 g/mol. The van der Waals surface area contributed by atoms with Crippen LogP contribution in [-0.2, 0) is 17.0 Å². The van der Waals surface area contributed by atoms with Gasteiger partial charge in [-0.15, -0.1) is 0 Å². The Labute approximate surface area is 178 Å². The molecule has 0 aromatic heterocycles. The highest BCUT2D eigenvalue weighted by Crippen LogP contribution is 2.08. The molecule has 0 saturated heterocycles. The SMILES string of the molecule is c1ccc(Cc2ccccc2[Si]O[Si]c2ccccc2Cc2ccccc2)cc1. The highest BCUT2D eigenvalue weighted by atomic mass is 28.3. The predicted octanol–water partition coefficient (Wildman–Crippen LogP) is 4.07. The molecule has 0 heterocycles. The molecule has 1 nitrogen and oxygen atoms in total. The molecular weight excluding hydrogens is 384 g/mol. The Morgan fingerprint density at radius 1 is 0.448 bits per heavy atom. The molecule has 0 unspecified atom stereocenters. The van der Waals surface area contributed by atoms with Crippen LogP contribution in [0.4, 0.5) is 0 Å². The Bertz CT molecular complexity index is 948. The van der Waals surface area contributed by atoms with Crippen molar-refractivity contribution in [2.75, 3.05) is 0 Å². The standard InChI is InChI=1S/C26H22OSi2/c1-3-11-21(12-4-1)19-23-15-7-9-17-25(23)28-27-29-26-18-10-8-16-24(26)20-22-13-5-2-6-14-22/h1-18H,19-20H2. The lowest BCUT2D eigenvalue weighted by Gasteiger charge is -2.11. The van der Waals surface area contributed by atoms with E-state index >= 15 is 0 Å². The fourth-order valence-electron chi connectivity index (χ4n) is 3.32. The van der Waals surface area contributed by atoms with Crippen LogP contribution in [0.1, 0.15) is 22.3 Å². The van der Waals surface area contributed by atoms with Gasteiger partial charge in [-0.25, -0.2) is 0 Å². The molecule has 0 atom stereocenters. The zero-order valence-corrected chi connectivity index (χ0v) is 18.2. The minimum absolute atomic E-state index is 0.357. The molecule has 4 aromatic rings. The van der Waals surface area contributed by atoms with Crippen LogP contribution >= 0.6 is 0 Å². The third-order valence-electron chi connectivity index (χ3n) is 4.83. The first-order valence-electron chi connectivity index (χ1n) is 9.80. The summed E-state index contributed by atoms with van der Waals surface area (Å²) in [4.78, 5) is 0. The van der Waals surface area contributed by atoms with Gasteiger partial charge in [-0.3, -0.25) is 0 Å². The van der Waals surface area contributed by atoms with Crippen LogP contribution in [0.3, 0.4) is 0 Å². The summed E-state index contributed by atoms with van der Waals surface area (Å²) in [6.07, 6.45) is 1.89. The summed E-state index contributed by atoms with van der Waals surface area (Å²) in [6, 6.07) is 38.5. The zero-order valence-electron chi connectivity index (χ0n) is 16.2. The van der Waals surface area contributed by atoms with Crippen molar-refractivity contribution in [3.63, 3.8) is 0 Å². The normalized spacial score (nSPS) is 10.8. The summed E-state index contributed by atoms with van der Waals surface area (Å²) in [6.45, 7) is 0. The minimum atomic E-state index is 0.357. The molecule has 0 aliphatic rings. The molecule has 29 heavy (non-hydrogen) atoms. The fraction of sp³-hybridized carbons (Fsp3) is 0.0769. The second kappa shape index (κ2) is 10.2. The largest absolute Gasteiger partial charge is 0.450 e. The van der Waals surface area contributed by atoms with E-state index in [-0.39, 0.29) is 0 Å². The molecule has 0 amide bonds. The number of benzene rings is 4. The van der Waals surface area contributed by atoms with E-state index in [1.807, 2.05) is 0 Å². The van der Waals surface area contributed by atoms with Gasteiger partial charge >= 0.3 is 0 Å². The van der Waals surface area contributed by atoms with E-state index in [1.54, 1.807) is 0 Å². The van der Waals surface area contributed by atoms with E-state index in [0.717, 1.165) is 12.8 Å². The van der Waals surface area contributed by atoms with E-state index < -0.39 is 0 Å². The van der Waals surface area contributed by atoms with Gasteiger partial charge in [0.15, 0.2) is 0 Å². The Kier molecular flexibility index (Phi) is 6.87. The summed E-state index contributed by atoms with van der Waals surface area (Å²) in [5.74, 6) is 0. The van der Waals surface area contributed by atoms with E-state index in [4.69, 9.17) is 4.12 Å². The summed E-state index contributed by atoms with van der Waals surface area (Å²) < 4.78 is 6.22. The first-order chi connectivity index (χ1) is 14.4. The monoisotopic (exact) mass is 406 g/mol. The maximum absolute atomic E-state index is 6.22. The lowest BCUT2D eigenvalue weighted by atomic mass is 10.1. The lowest BCUT2D eigenvalue weighted by molar-refractivity contribution is 0.662. The minimum Gasteiger partial charge on any atom is -0.450 e. The highest BCUT2D eigenvalue weighted by molar-refractivity contribution is 6.60. The lowest BCUT2D eigenvalue weighted by Crippen LogP contribution is -2.29. The molecule has 140 valence electrons. The average Bonchev–Trinajstić information content (AvgIpc) is 2.78. The Hall–Kier alpha value is -2.73. The Morgan fingerprint density at radius 3 is 1.28 bits per heavy atom. The van der Waals surface area contributed by atoms with Gasteiger partial charge in [-0.05, 0) is 45.5 Å². The van der Waals surface area contributed by atoms with Crippen molar-refractivity contribution < 1.29 is 4.12 Å². The van der Waals surface area contributed by atoms with Crippen molar-refractivity contribution in [3.8, 4) is 0 Å². The van der Waals surface area contributed by atoms with E-state index in [2.05, 4.69) is 109 Å². The summed E-state index contributed by atoms with van der Waals surface area (Å²) >= 11 is 0. The van der Waals surface area contributed by atoms with Crippen molar-refractivity contribution in [1.29, 1.82) is 0 Å². The maximum Gasteiger partial charge on any atom is 0.257 e. The molecule has 0 N–H and O–H groups in total. The second-order valence-electron chi connectivity index (χ2n) is 6.95. The Balaban J connectivity index is 1.41. The van der Waals surface area contributed by atoms with Gasteiger partial charge in [-0.2, -0.15) is 0 Å². The second-order valence-corrected chi connectivity index (χ2v) is 9.25. The maximum atomic E-state index is 6.22. The van der Waals surface area contributed by atoms with E-state index in [9.17, 15) is 0 Å². The third-order valence-corrected chi connectivity index (χ3v) is 7.06. The van der Waals surface area contributed by atoms with Gasteiger partial charge in [0.1, 0.15) is 0 Å². The molecule has 4 rings (SSSR count). The first-order valence-corrected chi connectivity index (χ1v) is 11.6. The molecule has 3 heteroatoms. The van der Waals surface area contributed by atoms with Gasteiger partial charge in [0.2, 0.25) is 0 Å². The molecular formula is C26H22OSi2. The van der Waals surface area contributed by atoms with Crippen molar-refractivity contribution in [3.05, 3.63) is 131 Å². The summed E-state index contributed by atoms with van der Waals surface area (Å²) in [5, 5.41) is 2.59. The highest BCUT2D eigenvalue weighted by Gasteiger charge is 2.09. The van der Waals surface area contributed by atoms with Gasteiger partial charge < -0.3 is 4.12 Å². The van der Waals surface area contributed by atoms with E-state index in [1.165, 1.54) is 32.6 Å². The van der Waals surface area contributed by atoms with Crippen LogP contribution in [0, 0.1) is 0 Å². The molecule has 0 spiro atoms. The molecule has 4 aromatic carbocycles. The first kappa shape index (κ1) is 19.6. The van der Waals surface area contributed by atoms with Gasteiger partial charge in [0.05, 0.1) is 0 Å². The predicted molar refractivity (Wildman–Crippen MR) is 123 cm³/mol. The third kappa shape index (κ3) is 5.64. The van der Waals surface area contributed by atoms with Crippen LogP contribution in [0.2, 0.25) is 0 Å². The van der Waals surface area contributed by atoms with E-state index in [0.29, 0.717) is 19.5 Å².